The molecule has 1 aliphatic rings. The summed E-state index contributed by atoms with van der Waals surface area (Å²) in [5, 5.41) is 0.666. The molecule has 0 spiro atoms. The summed E-state index contributed by atoms with van der Waals surface area (Å²) in [6.07, 6.45) is 4.73. The number of benzene rings is 3. The van der Waals surface area contributed by atoms with Crippen LogP contribution in [0.15, 0.2) is 84.9 Å². The molecule has 1 aliphatic heterocycles. The van der Waals surface area contributed by atoms with E-state index in [-0.39, 0.29) is 11.8 Å². The molecule has 0 bridgehead atoms. The Morgan fingerprint density at radius 3 is 2.52 bits per heavy atom. The van der Waals surface area contributed by atoms with Crippen molar-refractivity contribution >= 4 is 40.3 Å². The average molecular weight is 428 g/mol. The zero-order valence-corrected chi connectivity index (χ0v) is 17.7. The lowest BCUT2D eigenvalue weighted by atomic mass is 10.1. The van der Waals surface area contributed by atoms with Gasteiger partial charge in [0.05, 0.1) is 11.0 Å². The van der Waals surface area contributed by atoms with Gasteiger partial charge in [0.25, 0.3) is 0 Å². The van der Waals surface area contributed by atoms with Crippen molar-refractivity contribution in [2.45, 2.75) is 18.9 Å². The molecule has 0 aliphatic carbocycles. The van der Waals surface area contributed by atoms with Crippen LogP contribution < -0.4 is 4.90 Å². The summed E-state index contributed by atoms with van der Waals surface area (Å²) in [5.74, 6) is 1.12. The Morgan fingerprint density at radius 2 is 1.71 bits per heavy atom. The van der Waals surface area contributed by atoms with Crippen LogP contribution in [0.3, 0.4) is 0 Å². The summed E-state index contributed by atoms with van der Waals surface area (Å²) in [6, 6.07) is 25.9. The smallest absolute Gasteiger partial charge is 0.227 e. The van der Waals surface area contributed by atoms with Gasteiger partial charge >= 0.3 is 0 Å². The summed E-state index contributed by atoms with van der Waals surface area (Å²) >= 11 is 6.01. The Labute approximate surface area is 186 Å². The van der Waals surface area contributed by atoms with Crippen LogP contribution in [-0.4, -0.2) is 22.0 Å². The fourth-order valence-electron chi connectivity index (χ4n) is 4.21. The van der Waals surface area contributed by atoms with Crippen molar-refractivity contribution in [2.24, 2.45) is 0 Å². The molecule has 0 radical (unpaired) electrons. The number of amides is 1. The van der Waals surface area contributed by atoms with Crippen LogP contribution >= 0.6 is 11.6 Å². The number of imidazole rings is 1. The van der Waals surface area contributed by atoms with Gasteiger partial charge < -0.3 is 9.47 Å². The number of nitrogens with zero attached hydrogens (tertiary/aromatic N) is 3. The number of aromatic nitrogens is 2. The Bertz CT molecular complexity index is 1240. The van der Waals surface area contributed by atoms with Crippen LogP contribution in [-0.2, 0) is 11.3 Å². The highest BCUT2D eigenvalue weighted by molar-refractivity contribution is 6.30. The second-order valence-electron chi connectivity index (χ2n) is 7.76. The maximum Gasteiger partial charge on any atom is 0.227 e. The number of carbonyl (C=O) groups excluding carboxylic acids is 1. The second kappa shape index (κ2) is 8.40. The third-order valence-corrected chi connectivity index (χ3v) is 5.96. The van der Waals surface area contributed by atoms with Crippen molar-refractivity contribution in [2.75, 3.05) is 11.4 Å². The highest BCUT2D eigenvalue weighted by Crippen LogP contribution is 2.33. The van der Waals surface area contributed by atoms with Gasteiger partial charge in [-0.25, -0.2) is 4.98 Å². The van der Waals surface area contributed by atoms with Crippen molar-refractivity contribution in [3.63, 3.8) is 0 Å². The molecule has 5 heteroatoms. The van der Waals surface area contributed by atoms with Gasteiger partial charge in [0, 0.05) is 36.1 Å². The SMILES string of the molecule is O=C1C[C@H](c2nc3ccccc3n2C/C=C/c2ccccc2)CN1c1ccc(Cl)cc1. The van der Waals surface area contributed by atoms with Crippen molar-refractivity contribution in [1.82, 2.24) is 9.55 Å². The number of halogens is 1. The fraction of sp³-hybridized carbons (Fsp3) is 0.154. The van der Waals surface area contributed by atoms with E-state index >= 15 is 0 Å². The summed E-state index contributed by atoms with van der Waals surface area (Å²) in [5.41, 5.74) is 4.09. The van der Waals surface area contributed by atoms with Crippen molar-refractivity contribution < 1.29 is 4.79 Å². The van der Waals surface area contributed by atoms with Gasteiger partial charge in [-0.15, -0.1) is 0 Å². The van der Waals surface area contributed by atoms with Gasteiger partial charge in [0.15, 0.2) is 0 Å². The van der Waals surface area contributed by atoms with E-state index in [1.54, 1.807) is 0 Å². The lowest BCUT2D eigenvalue weighted by molar-refractivity contribution is -0.117. The van der Waals surface area contributed by atoms with Gasteiger partial charge in [-0.1, -0.05) is 66.2 Å². The van der Waals surface area contributed by atoms with E-state index in [1.807, 2.05) is 65.6 Å². The molecule has 3 aromatic carbocycles. The molecule has 1 atom stereocenters. The van der Waals surface area contributed by atoms with Gasteiger partial charge in [0.1, 0.15) is 5.82 Å². The topological polar surface area (TPSA) is 38.1 Å². The summed E-state index contributed by atoms with van der Waals surface area (Å²) in [4.78, 5) is 19.6. The van der Waals surface area contributed by atoms with E-state index in [2.05, 4.69) is 34.9 Å². The molecule has 31 heavy (non-hydrogen) atoms. The zero-order chi connectivity index (χ0) is 21.2. The number of fused-ring (bicyclic) bond motifs is 1. The molecular weight excluding hydrogens is 406 g/mol. The standard InChI is InChI=1S/C26H22ClN3O/c27-21-12-14-22(15-13-21)30-18-20(17-25(30)31)26-28-23-10-4-5-11-24(23)29(26)16-6-9-19-7-2-1-3-8-19/h1-15,20H,16-18H2/b9-6+/t20-/m0/s1. The Balaban J connectivity index is 1.45. The van der Waals surface area contributed by atoms with Crippen molar-refractivity contribution in [3.05, 3.63) is 101 Å². The number of allylic oxidation sites excluding steroid dienone is 1. The molecule has 1 amide bonds. The maximum atomic E-state index is 12.8. The number of carbonyl (C=O) groups is 1. The predicted octanol–water partition coefficient (Wildman–Crippen LogP) is 5.92. The third kappa shape index (κ3) is 3.99. The molecule has 4 aromatic rings. The third-order valence-electron chi connectivity index (χ3n) is 5.71. The molecule has 1 saturated heterocycles. The Morgan fingerprint density at radius 1 is 0.968 bits per heavy atom. The molecule has 0 N–H and O–H groups in total. The highest BCUT2D eigenvalue weighted by atomic mass is 35.5. The molecule has 0 saturated carbocycles. The van der Waals surface area contributed by atoms with E-state index < -0.39 is 0 Å². The van der Waals surface area contributed by atoms with Gasteiger partial charge in [-0.05, 0) is 42.0 Å². The van der Waals surface area contributed by atoms with Crippen LogP contribution in [0.5, 0.6) is 0 Å². The van der Waals surface area contributed by atoms with Crippen molar-refractivity contribution in [1.29, 1.82) is 0 Å². The predicted molar refractivity (Wildman–Crippen MR) is 126 cm³/mol. The molecular formula is C26H22ClN3O. The van der Waals surface area contributed by atoms with Gasteiger partial charge in [0.2, 0.25) is 5.91 Å². The molecule has 2 heterocycles. The molecule has 4 nitrogen and oxygen atoms in total. The largest absolute Gasteiger partial charge is 0.324 e. The van der Waals surface area contributed by atoms with Crippen LogP contribution in [0.1, 0.15) is 23.7 Å². The zero-order valence-electron chi connectivity index (χ0n) is 17.0. The first-order chi connectivity index (χ1) is 15.2. The molecule has 5 rings (SSSR count). The minimum atomic E-state index is 0.0423. The van der Waals surface area contributed by atoms with E-state index in [4.69, 9.17) is 16.6 Å². The number of anilines is 1. The number of para-hydroxylation sites is 2. The first-order valence-corrected chi connectivity index (χ1v) is 10.8. The Hall–Kier alpha value is -3.37. The minimum absolute atomic E-state index is 0.0423. The lowest BCUT2D eigenvalue weighted by Gasteiger charge is -2.17. The number of hydrogen-bond donors (Lipinski definition) is 0. The molecule has 1 aromatic heterocycles. The van der Waals surface area contributed by atoms with Crippen LogP contribution in [0.25, 0.3) is 17.1 Å². The summed E-state index contributed by atoms with van der Waals surface area (Å²) in [6.45, 7) is 1.32. The van der Waals surface area contributed by atoms with E-state index in [9.17, 15) is 4.79 Å². The van der Waals surface area contributed by atoms with E-state index in [1.165, 1.54) is 5.56 Å². The quantitative estimate of drug-likeness (QED) is 0.396. The Kier molecular flexibility index (Phi) is 5.31. The maximum absolute atomic E-state index is 12.8. The monoisotopic (exact) mass is 427 g/mol. The molecule has 0 unspecified atom stereocenters. The molecule has 1 fully saturated rings. The normalized spacial score (nSPS) is 16.6. The number of hydrogen-bond acceptors (Lipinski definition) is 2. The van der Waals surface area contributed by atoms with E-state index in [0.717, 1.165) is 22.5 Å². The first kappa shape index (κ1) is 19.6. The minimum Gasteiger partial charge on any atom is -0.324 e. The molecule has 154 valence electrons. The first-order valence-electron chi connectivity index (χ1n) is 10.4. The van der Waals surface area contributed by atoms with Crippen molar-refractivity contribution in [3.8, 4) is 0 Å². The van der Waals surface area contributed by atoms with Crippen LogP contribution in [0, 0.1) is 0 Å². The lowest BCUT2D eigenvalue weighted by Crippen LogP contribution is -2.24. The van der Waals surface area contributed by atoms with E-state index in [0.29, 0.717) is 24.5 Å². The van der Waals surface area contributed by atoms with Crippen LogP contribution in [0.2, 0.25) is 5.02 Å². The fourth-order valence-corrected chi connectivity index (χ4v) is 4.33. The average Bonchev–Trinajstić information content (AvgIpc) is 3.36. The second-order valence-corrected chi connectivity index (χ2v) is 8.20. The summed E-state index contributed by atoms with van der Waals surface area (Å²) in [7, 11) is 0. The summed E-state index contributed by atoms with van der Waals surface area (Å²) < 4.78 is 2.23. The number of rotatable bonds is 5. The van der Waals surface area contributed by atoms with Gasteiger partial charge in [-0.3, -0.25) is 4.79 Å². The van der Waals surface area contributed by atoms with Crippen LogP contribution in [0.4, 0.5) is 5.69 Å². The van der Waals surface area contributed by atoms with Gasteiger partial charge in [-0.2, -0.15) is 0 Å². The highest BCUT2D eigenvalue weighted by Gasteiger charge is 2.34.